The van der Waals surface area contributed by atoms with Crippen molar-refractivity contribution in [3.8, 4) is 11.5 Å². The van der Waals surface area contributed by atoms with Crippen LogP contribution in [0.4, 0.5) is 0 Å². The van der Waals surface area contributed by atoms with Crippen LogP contribution in [0.2, 0.25) is 0 Å². The molecule has 2 bridgehead atoms. The van der Waals surface area contributed by atoms with Gasteiger partial charge in [0.1, 0.15) is 11.5 Å². The van der Waals surface area contributed by atoms with E-state index in [9.17, 15) is 0 Å². The molecule has 0 N–H and O–H groups in total. The Balaban J connectivity index is 1.51. The molecule has 0 spiro atoms. The molecule has 0 radical (unpaired) electrons. The monoisotopic (exact) mass is 310 g/mol. The SMILES string of the molecule is CC12COC(c3ccc4c(c3)Oc3ccccc3C4)(OC1)OC2. The molecule has 23 heavy (non-hydrogen) atoms. The maximum Gasteiger partial charge on any atom is 0.312 e. The predicted octanol–water partition coefficient (Wildman–Crippen LogP) is 3.58. The zero-order valence-electron chi connectivity index (χ0n) is 13.0. The number of para-hydroxylation sites is 1. The summed E-state index contributed by atoms with van der Waals surface area (Å²) in [5.74, 6) is 0.690. The Morgan fingerprint density at radius 3 is 2.30 bits per heavy atom. The summed E-state index contributed by atoms with van der Waals surface area (Å²) in [6, 6.07) is 14.2. The van der Waals surface area contributed by atoms with Gasteiger partial charge >= 0.3 is 5.97 Å². The van der Waals surface area contributed by atoms with Crippen molar-refractivity contribution in [2.45, 2.75) is 19.3 Å². The second-order valence-corrected chi connectivity index (χ2v) is 6.94. The summed E-state index contributed by atoms with van der Waals surface area (Å²) in [5, 5.41) is 0. The molecule has 4 heteroatoms. The van der Waals surface area contributed by atoms with Crippen LogP contribution in [-0.4, -0.2) is 19.8 Å². The predicted molar refractivity (Wildman–Crippen MR) is 83.4 cm³/mol. The molecule has 3 fully saturated rings. The highest BCUT2D eigenvalue weighted by Gasteiger charge is 2.51. The van der Waals surface area contributed by atoms with E-state index in [1.807, 2.05) is 30.3 Å². The van der Waals surface area contributed by atoms with Crippen molar-refractivity contribution in [3.63, 3.8) is 0 Å². The van der Waals surface area contributed by atoms with Gasteiger partial charge in [-0.15, -0.1) is 0 Å². The molecule has 0 saturated carbocycles. The zero-order chi connectivity index (χ0) is 15.5. The Hall–Kier alpha value is -1.88. The second-order valence-electron chi connectivity index (χ2n) is 6.94. The molecule has 4 heterocycles. The molecule has 4 aliphatic heterocycles. The van der Waals surface area contributed by atoms with Crippen LogP contribution in [-0.2, 0) is 26.6 Å². The van der Waals surface area contributed by atoms with Crippen molar-refractivity contribution in [1.29, 1.82) is 0 Å². The molecule has 0 unspecified atom stereocenters. The van der Waals surface area contributed by atoms with Gasteiger partial charge in [-0.2, -0.15) is 0 Å². The molecule has 118 valence electrons. The van der Waals surface area contributed by atoms with Gasteiger partial charge in [0, 0.05) is 17.4 Å². The molecule has 6 rings (SSSR count). The van der Waals surface area contributed by atoms with Gasteiger partial charge in [-0.3, -0.25) is 0 Å². The minimum atomic E-state index is -1.08. The van der Waals surface area contributed by atoms with Crippen molar-refractivity contribution in [2.24, 2.45) is 5.41 Å². The first-order valence-corrected chi connectivity index (χ1v) is 7.97. The zero-order valence-corrected chi connectivity index (χ0v) is 13.0. The van der Waals surface area contributed by atoms with E-state index in [1.54, 1.807) is 0 Å². The topological polar surface area (TPSA) is 36.9 Å². The van der Waals surface area contributed by atoms with Gasteiger partial charge in [0.15, 0.2) is 0 Å². The quantitative estimate of drug-likeness (QED) is 0.688. The van der Waals surface area contributed by atoms with Crippen LogP contribution in [0, 0.1) is 5.41 Å². The Bertz CT molecular complexity index is 758. The lowest BCUT2D eigenvalue weighted by Gasteiger charge is -2.50. The smallest absolute Gasteiger partial charge is 0.312 e. The van der Waals surface area contributed by atoms with E-state index < -0.39 is 5.97 Å². The van der Waals surface area contributed by atoms with Crippen LogP contribution >= 0.6 is 0 Å². The van der Waals surface area contributed by atoms with E-state index in [0.29, 0.717) is 19.8 Å². The van der Waals surface area contributed by atoms with Crippen LogP contribution in [0.15, 0.2) is 42.5 Å². The Morgan fingerprint density at radius 1 is 0.826 bits per heavy atom. The summed E-state index contributed by atoms with van der Waals surface area (Å²) in [5.41, 5.74) is 3.20. The second kappa shape index (κ2) is 4.57. The third-order valence-corrected chi connectivity index (χ3v) is 4.83. The van der Waals surface area contributed by atoms with E-state index in [-0.39, 0.29) is 5.41 Å². The number of rotatable bonds is 1. The summed E-state index contributed by atoms with van der Waals surface area (Å²) in [6.07, 6.45) is 0.874. The van der Waals surface area contributed by atoms with Crippen molar-refractivity contribution in [2.75, 3.05) is 19.8 Å². The fourth-order valence-electron chi connectivity index (χ4n) is 3.37. The van der Waals surface area contributed by atoms with Crippen LogP contribution < -0.4 is 4.74 Å². The van der Waals surface area contributed by atoms with E-state index >= 15 is 0 Å². The maximum atomic E-state index is 6.06. The molecular weight excluding hydrogens is 292 g/mol. The van der Waals surface area contributed by atoms with Crippen LogP contribution in [0.5, 0.6) is 11.5 Å². The Kier molecular flexibility index (Phi) is 2.69. The molecule has 2 aromatic carbocycles. The molecule has 0 atom stereocenters. The van der Waals surface area contributed by atoms with Crippen molar-refractivity contribution in [1.82, 2.24) is 0 Å². The highest BCUT2D eigenvalue weighted by Crippen LogP contribution is 2.46. The van der Waals surface area contributed by atoms with Gasteiger partial charge in [0.2, 0.25) is 0 Å². The highest BCUT2D eigenvalue weighted by molar-refractivity contribution is 5.51. The summed E-state index contributed by atoms with van der Waals surface area (Å²) in [7, 11) is 0. The molecule has 2 aromatic rings. The molecule has 4 nitrogen and oxygen atoms in total. The summed E-state index contributed by atoms with van der Waals surface area (Å²) >= 11 is 0. The lowest BCUT2D eigenvalue weighted by molar-refractivity contribution is -0.477. The van der Waals surface area contributed by atoms with Gasteiger partial charge in [0.25, 0.3) is 0 Å². The standard InChI is InChI=1S/C19H18O4/c1-18-10-20-19(21-11-18,22-12-18)15-7-6-14-8-13-4-2-3-5-16(13)23-17(14)9-15/h2-7,9H,8,10-12H2,1H3. The van der Waals surface area contributed by atoms with E-state index in [4.69, 9.17) is 18.9 Å². The van der Waals surface area contributed by atoms with Gasteiger partial charge in [-0.25, -0.2) is 0 Å². The number of fused-ring (bicyclic) bond motifs is 5. The number of hydrogen-bond donors (Lipinski definition) is 0. The summed E-state index contributed by atoms with van der Waals surface area (Å²) in [6.45, 7) is 4.05. The van der Waals surface area contributed by atoms with Gasteiger partial charge in [-0.1, -0.05) is 37.3 Å². The van der Waals surface area contributed by atoms with Crippen molar-refractivity contribution < 1.29 is 18.9 Å². The van der Waals surface area contributed by atoms with Crippen LogP contribution in [0.25, 0.3) is 0 Å². The first kappa shape index (κ1) is 13.5. The molecule has 0 aromatic heterocycles. The van der Waals surface area contributed by atoms with Crippen molar-refractivity contribution in [3.05, 3.63) is 59.2 Å². The van der Waals surface area contributed by atoms with Crippen LogP contribution in [0.1, 0.15) is 23.6 Å². The maximum absolute atomic E-state index is 6.06. The summed E-state index contributed by atoms with van der Waals surface area (Å²) in [4.78, 5) is 0. The average Bonchev–Trinajstić information content (AvgIpc) is 2.60. The molecule has 0 aliphatic carbocycles. The van der Waals surface area contributed by atoms with Crippen molar-refractivity contribution >= 4 is 0 Å². The number of hydrogen-bond acceptors (Lipinski definition) is 4. The third kappa shape index (κ3) is 2.02. The van der Waals surface area contributed by atoms with Gasteiger partial charge in [-0.05, 0) is 23.3 Å². The Labute approximate surface area is 134 Å². The highest BCUT2D eigenvalue weighted by atomic mass is 16.9. The molecule has 0 amide bonds. The van der Waals surface area contributed by atoms with E-state index in [1.165, 1.54) is 11.1 Å². The molecule has 3 saturated heterocycles. The van der Waals surface area contributed by atoms with E-state index in [2.05, 4.69) is 19.1 Å². The fourth-order valence-corrected chi connectivity index (χ4v) is 3.37. The van der Waals surface area contributed by atoms with Crippen LogP contribution in [0.3, 0.4) is 0 Å². The minimum absolute atomic E-state index is 0.0363. The minimum Gasteiger partial charge on any atom is -0.457 e. The number of ether oxygens (including phenoxy) is 4. The molecular formula is C19H18O4. The Morgan fingerprint density at radius 2 is 1.52 bits per heavy atom. The third-order valence-electron chi connectivity index (χ3n) is 4.83. The average molecular weight is 310 g/mol. The lowest BCUT2D eigenvalue weighted by atomic mass is 9.90. The fraction of sp³-hybridized carbons (Fsp3) is 0.368. The summed E-state index contributed by atoms with van der Waals surface area (Å²) < 4.78 is 23.8. The number of benzene rings is 2. The normalized spacial score (nSPS) is 31.2. The van der Waals surface area contributed by atoms with Gasteiger partial charge in [0.05, 0.1) is 19.8 Å². The lowest BCUT2D eigenvalue weighted by Crippen LogP contribution is -2.57. The van der Waals surface area contributed by atoms with Gasteiger partial charge < -0.3 is 18.9 Å². The first-order chi connectivity index (χ1) is 11.2. The van der Waals surface area contributed by atoms with E-state index in [0.717, 1.165) is 23.5 Å². The largest absolute Gasteiger partial charge is 0.457 e. The molecule has 4 aliphatic rings. The first-order valence-electron chi connectivity index (χ1n) is 7.97.